The molecule has 0 amide bonds. The first-order valence-electron chi connectivity index (χ1n) is 20.1. The third kappa shape index (κ3) is 8.95. The van der Waals surface area contributed by atoms with E-state index in [1.807, 2.05) is 26.0 Å². The van der Waals surface area contributed by atoms with Gasteiger partial charge >= 0.3 is 5.97 Å². The summed E-state index contributed by atoms with van der Waals surface area (Å²) >= 11 is 0. The second-order valence-electron chi connectivity index (χ2n) is 16.4. The topological polar surface area (TPSA) is 159 Å². The Hall–Kier alpha value is -3.81. The van der Waals surface area contributed by atoms with Gasteiger partial charge in [0.2, 0.25) is 0 Å². The quantitative estimate of drug-likeness (QED) is 0.106. The molecule has 0 spiro atoms. The number of anilines is 1. The fourth-order valence-corrected chi connectivity index (χ4v) is 10.1. The number of aliphatic carboxylic acids is 1. The first-order valence-corrected chi connectivity index (χ1v) is 23.0. The van der Waals surface area contributed by atoms with Crippen LogP contribution in [-0.2, 0) is 40.6 Å². The maximum atomic E-state index is 12.3. The number of fused-ring (bicyclic) bond motifs is 6. The van der Waals surface area contributed by atoms with Crippen molar-refractivity contribution < 1.29 is 40.6 Å². The van der Waals surface area contributed by atoms with Crippen molar-refractivity contribution in [3.63, 3.8) is 0 Å². The van der Waals surface area contributed by atoms with Gasteiger partial charge in [-0.05, 0) is 108 Å². The largest absolute Gasteiger partial charge is 0.481 e. The summed E-state index contributed by atoms with van der Waals surface area (Å²) in [6, 6.07) is 13.0. The van der Waals surface area contributed by atoms with Crippen molar-refractivity contribution in [2.75, 3.05) is 11.4 Å². The molecular weight excluding hydrogens is 763 g/mol. The van der Waals surface area contributed by atoms with E-state index in [0.29, 0.717) is 42.3 Å². The molecule has 10 nitrogen and oxygen atoms in total. The van der Waals surface area contributed by atoms with E-state index in [1.54, 1.807) is 12.1 Å². The Morgan fingerprint density at radius 1 is 0.930 bits per heavy atom. The van der Waals surface area contributed by atoms with E-state index >= 15 is 0 Å². The maximum absolute atomic E-state index is 12.3. The highest BCUT2D eigenvalue weighted by molar-refractivity contribution is 7.86. The minimum Gasteiger partial charge on any atom is -0.481 e. The number of hydrogen-bond acceptors (Lipinski definition) is 7. The molecule has 0 fully saturated rings. The summed E-state index contributed by atoms with van der Waals surface area (Å²) < 4.78 is 75.0. The Morgan fingerprint density at radius 2 is 1.56 bits per heavy atom. The van der Waals surface area contributed by atoms with Gasteiger partial charge in [-0.1, -0.05) is 98.4 Å². The van der Waals surface area contributed by atoms with Crippen molar-refractivity contribution in [1.82, 2.24) is 0 Å². The minimum absolute atomic E-state index is 0.0771. The minimum atomic E-state index is -4.51. The number of rotatable bonds is 14. The van der Waals surface area contributed by atoms with Crippen LogP contribution in [0.2, 0.25) is 0 Å². The van der Waals surface area contributed by atoms with E-state index in [2.05, 4.69) is 52.2 Å². The normalized spacial score (nSPS) is 19.8. The standard InChI is InChI=1S/C39H45NO9S2.C6H14/c1-7-9-33-29(24(3)39(6,18-8-10-35(41)42)31-21-27(51(46,47)48)13-11-23(31)2)22-30-34(49-33)17-19-40-32-16-12-25-20-26(50(43,44)45)14-15-28(25)36(32)38(4,5)37(30)40;1-3-5-6-4-2/h11-16,20-22,33-34H,3,7-10,17-19H2,1-2,4-6H3,(H,41,42)(H,43,44,45)(H,46,47,48);3-6H2,1-2H3. The van der Waals surface area contributed by atoms with Crippen molar-refractivity contribution in [1.29, 1.82) is 0 Å². The third-order valence-electron chi connectivity index (χ3n) is 12.0. The van der Waals surface area contributed by atoms with E-state index in [1.165, 1.54) is 49.9 Å². The number of allylic oxidation sites excluding steroid dienone is 1. The number of carboxylic acid groups (broad SMARTS) is 1. The molecule has 0 aliphatic carbocycles. The molecular formula is C45H59NO9S2. The molecule has 12 heteroatoms. The molecule has 3 aliphatic rings. The summed E-state index contributed by atoms with van der Waals surface area (Å²) in [4.78, 5) is 13.5. The molecule has 0 bridgehead atoms. The molecule has 3 aliphatic heterocycles. The average Bonchev–Trinajstić information content (AvgIpc) is 3.39. The Kier molecular flexibility index (Phi) is 13.4. The molecule has 3 aromatic rings. The van der Waals surface area contributed by atoms with Crippen LogP contribution >= 0.6 is 0 Å². The lowest BCUT2D eigenvalue weighted by molar-refractivity contribution is -0.137. The van der Waals surface area contributed by atoms with Gasteiger partial charge in [0.1, 0.15) is 0 Å². The zero-order chi connectivity index (χ0) is 42.1. The molecule has 3 heterocycles. The lowest BCUT2D eigenvalue weighted by Gasteiger charge is -2.44. The third-order valence-corrected chi connectivity index (χ3v) is 13.7. The van der Waals surface area contributed by atoms with Crippen LogP contribution in [0.15, 0.2) is 93.4 Å². The van der Waals surface area contributed by atoms with Gasteiger partial charge in [0, 0.05) is 40.8 Å². The number of ether oxygens (including phenoxy) is 1. The number of hydrogen-bond donors (Lipinski definition) is 3. The van der Waals surface area contributed by atoms with E-state index in [9.17, 15) is 35.8 Å². The molecule has 57 heavy (non-hydrogen) atoms. The number of aryl methyl sites for hydroxylation is 1. The molecule has 3 aromatic carbocycles. The van der Waals surface area contributed by atoms with Crippen molar-refractivity contribution in [3.05, 3.63) is 100 Å². The van der Waals surface area contributed by atoms with E-state index < -0.39 is 37.0 Å². The van der Waals surface area contributed by atoms with Crippen LogP contribution in [0.25, 0.3) is 10.8 Å². The highest BCUT2D eigenvalue weighted by Gasteiger charge is 2.48. The van der Waals surface area contributed by atoms with Gasteiger partial charge in [0.15, 0.2) is 0 Å². The fraction of sp³-hybridized carbons (Fsp3) is 0.489. The summed E-state index contributed by atoms with van der Waals surface area (Å²) in [6.07, 6.45) is 10.1. The highest BCUT2D eigenvalue weighted by atomic mass is 32.2. The van der Waals surface area contributed by atoms with Crippen LogP contribution in [0.1, 0.15) is 122 Å². The maximum Gasteiger partial charge on any atom is 0.303 e. The van der Waals surface area contributed by atoms with Gasteiger partial charge in [-0.2, -0.15) is 16.8 Å². The monoisotopic (exact) mass is 821 g/mol. The van der Waals surface area contributed by atoms with Crippen LogP contribution in [0.5, 0.6) is 0 Å². The lowest BCUT2D eigenvalue weighted by Crippen LogP contribution is -2.43. The number of unbranched alkanes of at least 4 members (excludes halogenated alkanes) is 3. The van der Waals surface area contributed by atoms with E-state index in [0.717, 1.165) is 51.9 Å². The Labute approximate surface area is 339 Å². The number of carbonyl (C=O) groups is 1. The summed E-state index contributed by atoms with van der Waals surface area (Å²) in [7, 11) is -8.89. The summed E-state index contributed by atoms with van der Waals surface area (Å²) in [5, 5.41) is 11.1. The van der Waals surface area contributed by atoms with E-state index in [-0.39, 0.29) is 28.4 Å². The van der Waals surface area contributed by atoms with Crippen molar-refractivity contribution in [2.24, 2.45) is 0 Å². The summed E-state index contributed by atoms with van der Waals surface area (Å²) in [5.41, 5.74) is 5.68. The molecule has 3 N–H and O–H groups in total. The van der Waals surface area contributed by atoms with E-state index in [4.69, 9.17) is 4.74 Å². The second kappa shape index (κ2) is 17.2. The summed E-state index contributed by atoms with van der Waals surface area (Å²) in [5.74, 6) is -0.933. The van der Waals surface area contributed by atoms with Crippen molar-refractivity contribution in [2.45, 2.75) is 146 Å². The molecule has 0 saturated carbocycles. The zero-order valence-corrected chi connectivity index (χ0v) is 36.0. The zero-order valence-electron chi connectivity index (χ0n) is 34.4. The molecule has 6 rings (SSSR count). The summed E-state index contributed by atoms with van der Waals surface area (Å²) in [6.45, 7) is 20.0. The first kappa shape index (κ1) is 44.3. The number of carboxylic acids is 1. The van der Waals surface area contributed by atoms with Gasteiger partial charge in [0.25, 0.3) is 20.2 Å². The Balaban J connectivity index is 0.000000959. The predicted molar refractivity (Wildman–Crippen MR) is 226 cm³/mol. The van der Waals surface area contributed by atoms with Crippen molar-refractivity contribution in [3.8, 4) is 0 Å². The van der Waals surface area contributed by atoms with Gasteiger partial charge in [0.05, 0.1) is 22.0 Å². The first-order chi connectivity index (χ1) is 26.7. The predicted octanol–water partition coefficient (Wildman–Crippen LogP) is 10.2. The van der Waals surface area contributed by atoms with Crippen molar-refractivity contribution >= 4 is 42.7 Å². The van der Waals surface area contributed by atoms with Crippen LogP contribution in [0, 0.1) is 6.92 Å². The van der Waals surface area contributed by atoms with Crippen LogP contribution in [-0.4, -0.2) is 55.8 Å². The smallest absolute Gasteiger partial charge is 0.303 e. The highest BCUT2D eigenvalue weighted by Crippen LogP contribution is 2.56. The molecule has 0 radical (unpaired) electrons. The molecule has 0 saturated heterocycles. The Morgan fingerprint density at radius 3 is 2.16 bits per heavy atom. The molecule has 3 atom stereocenters. The van der Waals surface area contributed by atoms with Gasteiger partial charge in [-0.25, -0.2) is 0 Å². The van der Waals surface area contributed by atoms with Gasteiger partial charge < -0.3 is 14.7 Å². The van der Waals surface area contributed by atoms with Gasteiger partial charge in [-0.3, -0.25) is 13.9 Å². The fourth-order valence-electron chi connectivity index (χ4n) is 9.04. The Bertz CT molecular complexity index is 2320. The van der Waals surface area contributed by atoms with Crippen LogP contribution in [0.4, 0.5) is 5.69 Å². The molecule has 310 valence electrons. The number of nitrogens with zero attached hydrogens (tertiary/aromatic N) is 1. The second-order valence-corrected chi connectivity index (χ2v) is 19.2. The number of benzene rings is 3. The van der Waals surface area contributed by atoms with Gasteiger partial charge in [-0.15, -0.1) is 0 Å². The SMILES string of the molecule is C=C(C1=CC2=C3N(CCC2OC1CCC)c1ccc2cc(S(=O)(=O)O)ccc2c1C3(C)C)C(C)(CCCC(=O)O)c1cc(S(=O)(=O)O)ccc1C.CCCCCC. The molecule has 0 aromatic heterocycles. The lowest BCUT2D eigenvalue weighted by atomic mass is 9.67. The average molecular weight is 822 g/mol. The van der Waals surface area contributed by atoms with Crippen LogP contribution < -0.4 is 4.90 Å². The molecule has 3 unspecified atom stereocenters. The van der Waals surface area contributed by atoms with Crippen LogP contribution in [0.3, 0.4) is 0 Å².